The summed E-state index contributed by atoms with van der Waals surface area (Å²) in [6, 6.07) is 16.7. The summed E-state index contributed by atoms with van der Waals surface area (Å²) < 4.78 is 0. The van der Waals surface area contributed by atoms with Crippen LogP contribution in [0.3, 0.4) is 0 Å². The molecule has 8 heteroatoms. The molecule has 174 valence electrons. The van der Waals surface area contributed by atoms with E-state index in [1.807, 2.05) is 53.6 Å². The van der Waals surface area contributed by atoms with E-state index in [4.69, 9.17) is 5.73 Å². The van der Waals surface area contributed by atoms with E-state index in [1.165, 1.54) is 0 Å². The van der Waals surface area contributed by atoms with Gasteiger partial charge in [0.1, 0.15) is 0 Å². The quantitative estimate of drug-likeness (QED) is 0.360. The van der Waals surface area contributed by atoms with Crippen LogP contribution >= 0.6 is 18.8 Å². The zero-order valence-corrected chi connectivity index (χ0v) is 20.5. The molecule has 1 aliphatic rings. The van der Waals surface area contributed by atoms with Crippen LogP contribution in [0.4, 0.5) is 11.4 Å². The van der Waals surface area contributed by atoms with Gasteiger partial charge in [0.2, 0.25) is 0 Å². The molecule has 1 aliphatic heterocycles. The van der Waals surface area contributed by atoms with Crippen molar-refractivity contribution in [1.29, 1.82) is 0 Å². The second-order valence-electron chi connectivity index (χ2n) is 8.57. The van der Waals surface area contributed by atoms with Crippen molar-refractivity contribution in [3.05, 3.63) is 71.1 Å². The van der Waals surface area contributed by atoms with E-state index in [-0.39, 0.29) is 11.8 Å². The molecule has 1 aromatic heterocycles. The predicted octanol–water partition coefficient (Wildman–Crippen LogP) is 4.31. The number of nitrogen functional groups attached to an aromatic ring is 1. The van der Waals surface area contributed by atoms with Gasteiger partial charge >= 0.3 is 130 Å². The molecular formula is C25H30N3O3PS. The summed E-state index contributed by atoms with van der Waals surface area (Å²) in [6.07, 6.45) is 2.66. The average molecular weight is 484 g/mol. The average Bonchev–Trinajstić information content (AvgIpc) is 3.36. The van der Waals surface area contributed by atoms with Gasteiger partial charge in [-0.2, -0.15) is 0 Å². The van der Waals surface area contributed by atoms with Crippen molar-refractivity contribution in [3.8, 4) is 10.4 Å². The molecule has 1 saturated heterocycles. The van der Waals surface area contributed by atoms with Crippen LogP contribution in [-0.4, -0.2) is 53.2 Å². The molecule has 0 saturated carbocycles. The Morgan fingerprint density at radius 1 is 1.12 bits per heavy atom. The number of carbonyl (C=O) groups excluding carboxylic acids is 2. The van der Waals surface area contributed by atoms with Gasteiger partial charge in [0.15, 0.2) is 0 Å². The molecule has 2 heterocycles. The number of nitrogens with zero attached hydrogens (tertiary/aromatic N) is 1. The van der Waals surface area contributed by atoms with E-state index in [0.717, 1.165) is 34.5 Å². The van der Waals surface area contributed by atoms with Crippen molar-refractivity contribution in [3.63, 3.8) is 0 Å². The number of hydrogen-bond donors (Lipinski definition) is 3. The van der Waals surface area contributed by atoms with Gasteiger partial charge < -0.3 is 5.73 Å². The van der Waals surface area contributed by atoms with Crippen LogP contribution in [0.15, 0.2) is 60.0 Å². The van der Waals surface area contributed by atoms with Crippen molar-refractivity contribution in [2.24, 2.45) is 0 Å². The Morgan fingerprint density at radius 2 is 1.85 bits per heavy atom. The van der Waals surface area contributed by atoms with E-state index in [9.17, 15) is 14.5 Å². The molecule has 4 N–H and O–H groups in total. The molecule has 3 aromatic rings. The predicted molar refractivity (Wildman–Crippen MR) is 140 cm³/mol. The van der Waals surface area contributed by atoms with Gasteiger partial charge in [-0.25, -0.2) is 0 Å². The summed E-state index contributed by atoms with van der Waals surface area (Å²) in [5, 5.41) is 4.91. The molecule has 1 fully saturated rings. The number of hydrogen-bond acceptors (Lipinski definition) is 5. The zero-order chi connectivity index (χ0) is 23.4. The van der Waals surface area contributed by atoms with E-state index in [2.05, 4.69) is 5.32 Å². The van der Waals surface area contributed by atoms with Crippen LogP contribution in [-0.2, 0) is 11.2 Å². The number of carbonyl (C=O) groups is 2. The van der Waals surface area contributed by atoms with Crippen LogP contribution in [0.5, 0.6) is 0 Å². The molecule has 6 nitrogen and oxygen atoms in total. The summed E-state index contributed by atoms with van der Waals surface area (Å²) >= 11 is 1.63. The Hall–Kier alpha value is -2.73. The minimum atomic E-state index is -2.11. The second-order valence-corrected chi connectivity index (χ2v) is 13.7. The zero-order valence-electron chi connectivity index (χ0n) is 18.7. The standard InChI is InChI=1S/C25H30N3O3PS/c1-2-32(31)13-11-28(12-14-32)24(29)16-18-5-7-19(8-6-18)25(30)27-22-17-20(9-10-21(22)26)23-4-3-15-33-23/h3-10,15,17,31-32H,2,11-14,16,26H2,1H3,(H,27,30). The van der Waals surface area contributed by atoms with E-state index in [0.29, 0.717) is 36.4 Å². The topological polar surface area (TPSA) is 95.7 Å². The summed E-state index contributed by atoms with van der Waals surface area (Å²) in [6.45, 7) is 3.32. The van der Waals surface area contributed by atoms with E-state index >= 15 is 0 Å². The van der Waals surface area contributed by atoms with Crippen LogP contribution in [0.1, 0.15) is 22.8 Å². The summed E-state index contributed by atoms with van der Waals surface area (Å²) in [5.74, 6) is -0.180. The summed E-state index contributed by atoms with van der Waals surface area (Å²) in [7, 11) is -2.11. The van der Waals surface area contributed by atoms with Gasteiger partial charge in [-0.15, -0.1) is 11.3 Å². The molecule has 0 atom stereocenters. The number of nitrogens with two attached hydrogens (primary N) is 1. The van der Waals surface area contributed by atoms with Gasteiger partial charge in [0, 0.05) is 4.88 Å². The number of rotatable bonds is 6. The maximum absolute atomic E-state index is 12.8. The van der Waals surface area contributed by atoms with Gasteiger partial charge in [-0.1, -0.05) is 12.1 Å². The third-order valence-corrected chi connectivity index (χ3v) is 10.9. The number of anilines is 2. The number of thiophene rings is 1. The molecule has 0 unspecified atom stereocenters. The summed E-state index contributed by atoms with van der Waals surface area (Å²) in [5.41, 5.74) is 9.53. The van der Waals surface area contributed by atoms with Crippen molar-refractivity contribution in [1.82, 2.24) is 4.90 Å². The van der Waals surface area contributed by atoms with E-state index in [1.54, 1.807) is 29.5 Å². The molecule has 2 aromatic carbocycles. The Labute approximate surface area is 198 Å². The normalized spacial score (nSPS) is 16.2. The monoisotopic (exact) mass is 483 g/mol. The molecule has 2 amide bonds. The minimum absolute atomic E-state index is 0.0671. The van der Waals surface area contributed by atoms with Crippen LogP contribution in [0.25, 0.3) is 10.4 Å². The van der Waals surface area contributed by atoms with Crippen molar-refractivity contribution in [2.75, 3.05) is 42.6 Å². The van der Waals surface area contributed by atoms with Crippen molar-refractivity contribution in [2.45, 2.75) is 13.3 Å². The van der Waals surface area contributed by atoms with E-state index < -0.39 is 7.49 Å². The second kappa shape index (κ2) is 10.0. The molecular weight excluding hydrogens is 453 g/mol. The van der Waals surface area contributed by atoms with Crippen LogP contribution in [0, 0.1) is 0 Å². The first-order valence-electron chi connectivity index (χ1n) is 11.2. The van der Waals surface area contributed by atoms with Gasteiger partial charge in [-0.3, -0.25) is 0 Å². The SMILES string of the molecule is CC[PH]1(O)CCN(C(=O)Cc2ccc(C(=O)Nc3cc(-c4cccs4)ccc3N)cc2)CC1. The molecule has 4 rings (SSSR count). The number of nitrogens with one attached hydrogen (secondary N) is 1. The molecule has 0 aliphatic carbocycles. The van der Waals surface area contributed by atoms with Gasteiger partial charge in [0.05, 0.1) is 5.69 Å². The fourth-order valence-corrected chi connectivity index (χ4v) is 7.09. The first-order valence-corrected chi connectivity index (χ1v) is 14.7. The first-order chi connectivity index (χ1) is 15.9. The third-order valence-electron chi connectivity index (χ3n) is 6.38. The number of amides is 2. The van der Waals surface area contributed by atoms with Crippen LogP contribution in [0.2, 0.25) is 0 Å². The Morgan fingerprint density at radius 3 is 2.48 bits per heavy atom. The Balaban J connectivity index is 1.37. The molecule has 33 heavy (non-hydrogen) atoms. The van der Waals surface area contributed by atoms with Crippen molar-refractivity contribution >= 4 is 42.0 Å². The molecule has 0 spiro atoms. The maximum atomic E-state index is 12.8. The fraction of sp³-hybridized carbons (Fsp3) is 0.280. The summed E-state index contributed by atoms with van der Waals surface area (Å²) in [4.78, 5) is 38.9. The first kappa shape index (κ1) is 23.4. The Kier molecular flexibility index (Phi) is 7.13. The van der Waals surface area contributed by atoms with Gasteiger partial charge in [0.25, 0.3) is 0 Å². The van der Waals surface area contributed by atoms with Crippen molar-refractivity contribution < 1.29 is 14.5 Å². The fourth-order valence-electron chi connectivity index (χ4n) is 4.04. The van der Waals surface area contributed by atoms with Crippen LogP contribution < -0.4 is 11.1 Å². The molecule has 0 radical (unpaired) electrons. The van der Waals surface area contributed by atoms with Gasteiger partial charge in [-0.05, 0) is 29.1 Å². The number of benzene rings is 2. The molecule has 0 bridgehead atoms. The third kappa shape index (κ3) is 5.61. The Bertz CT molecular complexity index is 1120.